The van der Waals surface area contributed by atoms with Crippen molar-refractivity contribution in [2.75, 3.05) is 0 Å². The van der Waals surface area contributed by atoms with Crippen molar-refractivity contribution in [2.45, 2.75) is 0 Å². The molecule has 0 unspecified atom stereocenters. The number of benzene rings is 1. The van der Waals surface area contributed by atoms with Crippen LogP contribution in [0.1, 0.15) is 15.2 Å². The summed E-state index contributed by atoms with van der Waals surface area (Å²) in [5.74, 6) is -0.461. The lowest BCUT2D eigenvalue weighted by atomic mass is 10.2. The summed E-state index contributed by atoms with van der Waals surface area (Å²) in [6.45, 7) is 0. The van der Waals surface area contributed by atoms with E-state index in [1.54, 1.807) is 24.3 Å². The van der Waals surface area contributed by atoms with Crippen LogP contribution in [0, 0.1) is 0 Å². The van der Waals surface area contributed by atoms with Gasteiger partial charge in [0.15, 0.2) is 0 Å². The molecular formula is C12H8BrNO2S. The fourth-order valence-corrected chi connectivity index (χ4v) is 2.44. The van der Waals surface area contributed by atoms with Crippen LogP contribution in [0.3, 0.4) is 0 Å². The second kappa shape index (κ2) is 5.75. The molecule has 0 N–H and O–H groups in total. The first kappa shape index (κ1) is 12.0. The highest BCUT2D eigenvalue weighted by molar-refractivity contribution is 9.11. The number of rotatable bonds is 3. The van der Waals surface area contributed by atoms with Crippen LogP contribution in [-0.2, 0) is 4.84 Å². The summed E-state index contributed by atoms with van der Waals surface area (Å²) >= 11 is 4.85. The molecule has 86 valence electrons. The third kappa shape index (κ3) is 3.51. The maximum absolute atomic E-state index is 11.5. The highest BCUT2D eigenvalue weighted by Crippen LogP contribution is 2.20. The Balaban J connectivity index is 1.95. The monoisotopic (exact) mass is 309 g/mol. The molecule has 3 nitrogen and oxygen atoms in total. The fourth-order valence-electron chi connectivity index (χ4n) is 1.15. The molecule has 5 heteroatoms. The van der Waals surface area contributed by atoms with Crippen molar-refractivity contribution in [2.24, 2.45) is 5.16 Å². The zero-order valence-electron chi connectivity index (χ0n) is 8.67. The van der Waals surface area contributed by atoms with Crippen molar-refractivity contribution in [1.29, 1.82) is 0 Å². The molecule has 0 bridgehead atoms. The number of oxime groups is 1. The first-order valence-electron chi connectivity index (χ1n) is 4.81. The van der Waals surface area contributed by atoms with E-state index in [4.69, 9.17) is 4.84 Å². The lowest BCUT2D eigenvalue weighted by molar-refractivity contribution is 0.0519. The molecule has 1 aromatic heterocycles. The van der Waals surface area contributed by atoms with Crippen molar-refractivity contribution < 1.29 is 9.63 Å². The molecule has 0 aliphatic heterocycles. The van der Waals surface area contributed by atoms with Gasteiger partial charge in [0.2, 0.25) is 0 Å². The minimum atomic E-state index is -0.461. The van der Waals surface area contributed by atoms with Crippen LogP contribution in [0.2, 0.25) is 0 Å². The average molecular weight is 310 g/mol. The van der Waals surface area contributed by atoms with Crippen molar-refractivity contribution >= 4 is 39.5 Å². The van der Waals surface area contributed by atoms with Crippen LogP contribution in [0.25, 0.3) is 0 Å². The van der Waals surface area contributed by atoms with Crippen LogP contribution in [0.5, 0.6) is 0 Å². The lowest BCUT2D eigenvalue weighted by Crippen LogP contribution is -2.00. The molecule has 2 aromatic rings. The zero-order chi connectivity index (χ0) is 12.1. The molecule has 0 saturated carbocycles. The Morgan fingerprint density at radius 2 is 2.00 bits per heavy atom. The Hall–Kier alpha value is -1.46. The highest BCUT2D eigenvalue weighted by atomic mass is 79.9. The van der Waals surface area contributed by atoms with Gasteiger partial charge < -0.3 is 4.84 Å². The van der Waals surface area contributed by atoms with Crippen LogP contribution in [0.15, 0.2) is 51.4 Å². The van der Waals surface area contributed by atoms with Crippen LogP contribution < -0.4 is 0 Å². The summed E-state index contributed by atoms with van der Waals surface area (Å²) in [6.07, 6.45) is 1.51. The molecule has 0 fully saturated rings. The topological polar surface area (TPSA) is 38.7 Å². The maximum Gasteiger partial charge on any atom is 0.365 e. The Labute approximate surface area is 111 Å². The summed E-state index contributed by atoms with van der Waals surface area (Å²) < 4.78 is 1.01. The van der Waals surface area contributed by atoms with Crippen molar-refractivity contribution in [1.82, 2.24) is 0 Å². The van der Waals surface area contributed by atoms with E-state index in [0.717, 1.165) is 8.66 Å². The molecule has 2 rings (SSSR count). The number of carbonyl (C=O) groups excluding carboxylic acids is 1. The third-order valence-corrected chi connectivity index (χ3v) is 3.48. The minimum Gasteiger partial charge on any atom is -0.313 e. The van der Waals surface area contributed by atoms with Crippen molar-refractivity contribution in [3.05, 3.63) is 56.7 Å². The fraction of sp³-hybridized carbons (Fsp3) is 0. The van der Waals surface area contributed by atoms with Crippen molar-refractivity contribution in [3.63, 3.8) is 0 Å². The van der Waals surface area contributed by atoms with Gasteiger partial charge in [-0.15, -0.1) is 11.3 Å². The molecule has 0 radical (unpaired) electrons. The molecule has 0 spiro atoms. The van der Waals surface area contributed by atoms with E-state index in [1.165, 1.54) is 17.6 Å². The molecule has 17 heavy (non-hydrogen) atoms. The Bertz CT molecular complexity index is 536. The predicted molar refractivity (Wildman–Crippen MR) is 71.5 cm³/mol. The van der Waals surface area contributed by atoms with Gasteiger partial charge in [0.05, 0.1) is 15.6 Å². The molecule has 0 aliphatic carbocycles. The first-order valence-corrected chi connectivity index (χ1v) is 6.42. The number of hydrogen-bond donors (Lipinski definition) is 0. The van der Waals surface area contributed by atoms with E-state index >= 15 is 0 Å². The van der Waals surface area contributed by atoms with E-state index in [0.29, 0.717) is 5.56 Å². The summed E-state index contributed by atoms with van der Waals surface area (Å²) in [5, 5.41) is 3.65. The van der Waals surface area contributed by atoms with Gasteiger partial charge in [-0.2, -0.15) is 0 Å². The van der Waals surface area contributed by atoms with Gasteiger partial charge in [0, 0.05) is 4.88 Å². The Kier molecular flexibility index (Phi) is 4.06. The molecule has 1 heterocycles. The highest BCUT2D eigenvalue weighted by Gasteiger charge is 2.04. The number of halogens is 1. The van der Waals surface area contributed by atoms with E-state index < -0.39 is 5.97 Å². The van der Waals surface area contributed by atoms with Gasteiger partial charge in [0.1, 0.15) is 0 Å². The Morgan fingerprint density at radius 1 is 1.24 bits per heavy atom. The summed E-state index contributed by atoms with van der Waals surface area (Å²) in [5.41, 5.74) is 0.483. The molecule has 0 amide bonds. The normalized spacial score (nSPS) is 10.6. The van der Waals surface area contributed by atoms with Crippen LogP contribution in [0.4, 0.5) is 0 Å². The zero-order valence-corrected chi connectivity index (χ0v) is 11.1. The quantitative estimate of drug-likeness (QED) is 0.492. The van der Waals surface area contributed by atoms with Gasteiger partial charge in [-0.25, -0.2) is 4.79 Å². The SMILES string of the molecule is O=C(O/N=C/c1ccc(Br)s1)c1ccccc1. The molecule has 0 atom stereocenters. The smallest absolute Gasteiger partial charge is 0.313 e. The second-order valence-corrected chi connectivity index (χ2v) is 5.62. The van der Waals surface area contributed by atoms with Gasteiger partial charge in [-0.1, -0.05) is 23.4 Å². The minimum absolute atomic E-state index is 0.461. The van der Waals surface area contributed by atoms with Gasteiger partial charge in [0.25, 0.3) is 0 Å². The van der Waals surface area contributed by atoms with E-state index in [1.807, 2.05) is 18.2 Å². The van der Waals surface area contributed by atoms with E-state index in [9.17, 15) is 4.79 Å². The Morgan fingerprint density at radius 3 is 2.65 bits per heavy atom. The third-order valence-electron chi connectivity index (χ3n) is 1.92. The average Bonchev–Trinajstić information content (AvgIpc) is 2.76. The second-order valence-electron chi connectivity index (χ2n) is 3.12. The number of hydrogen-bond acceptors (Lipinski definition) is 4. The van der Waals surface area contributed by atoms with Crippen molar-refractivity contribution in [3.8, 4) is 0 Å². The van der Waals surface area contributed by atoms with Gasteiger partial charge in [-0.05, 0) is 40.2 Å². The number of nitrogens with zero attached hydrogens (tertiary/aromatic N) is 1. The maximum atomic E-state index is 11.5. The summed E-state index contributed by atoms with van der Waals surface area (Å²) in [4.78, 5) is 17.2. The van der Waals surface area contributed by atoms with Gasteiger partial charge >= 0.3 is 5.97 Å². The van der Waals surface area contributed by atoms with Gasteiger partial charge in [-0.3, -0.25) is 0 Å². The largest absolute Gasteiger partial charge is 0.365 e. The van der Waals surface area contributed by atoms with Crippen LogP contribution >= 0.6 is 27.3 Å². The standard InChI is InChI=1S/C12H8BrNO2S/c13-11-7-6-10(17-11)8-14-16-12(15)9-4-2-1-3-5-9/h1-8H/b14-8+. The summed E-state index contributed by atoms with van der Waals surface area (Å²) in [7, 11) is 0. The molecule has 1 aromatic carbocycles. The first-order chi connectivity index (χ1) is 8.25. The molecule has 0 aliphatic rings. The van der Waals surface area contributed by atoms with Crippen LogP contribution in [-0.4, -0.2) is 12.2 Å². The lowest BCUT2D eigenvalue weighted by Gasteiger charge is -1.95. The van der Waals surface area contributed by atoms with E-state index in [2.05, 4.69) is 21.1 Å². The molecule has 0 saturated heterocycles. The molecular weight excluding hydrogens is 302 g/mol. The van der Waals surface area contributed by atoms with E-state index in [-0.39, 0.29) is 0 Å². The summed E-state index contributed by atoms with van der Waals surface area (Å²) in [6, 6.07) is 12.5. The number of carbonyl (C=O) groups is 1. The predicted octanol–water partition coefficient (Wildman–Crippen LogP) is 3.70. The number of thiophene rings is 1.